The summed E-state index contributed by atoms with van der Waals surface area (Å²) >= 11 is 0. The fourth-order valence-corrected chi connectivity index (χ4v) is 1.23. The van der Waals surface area contributed by atoms with E-state index in [1.54, 1.807) is 12.3 Å². The average molecular weight is 188 g/mol. The van der Waals surface area contributed by atoms with Gasteiger partial charge in [-0.1, -0.05) is 6.92 Å². The number of aryl methyl sites for hydroxylation is 1. The quantitative estimate of drug-likeness (QED) is 0.729. The number of hydrogen-bond acceptors (Lipinski definition) is 3. The molecular formula is C11H12N2O. The van der Waals surface area contributed by atoms with Crippen LogP contribution in [-0.4, -0.2) is 11.1 Å². The number of ether oxygens (including phenoxy) is 1. The van der Waals surface area contributed by atoms with Gasteiger partial charge >= 0.3 is 0 Å². The lowest BCUT2D eigenvalue weighted by atomic mass is 10.2. The van der Waals surface area contributed by atoms with Crippen LogP contribution in [0.15, 0.2) is 12.3 Å². The molecule has 1 heterocycles. The molecule has 0 aromatic carbocycles. The molecule has 1 aliphatic rings. The normalized spacial score (nSPS) is 14.9. The number of pyridine rings is 1. The number of nitrogens with zero attached hydrogens (tertiary/aromatic N) is 2. The molecule has 14 heavy (non-hydrogen) atoms. The van der Waals surface area contributed by atoms with Crippen molar-refractivity contribution in [3.63, 3.8) is 0 Å². The number of aromatic nitrogens is 1. The highest BCUT2D eigenvalue weighted by Crippen LogP contribution is 2.28. The molecule has 0 aliphatic heterocycles. The SMILES string of the molecule is CCc1cc(C#N)c(OC2CC2)cn1. The first-order valence-electron chi connectivity index (χ1n) is 4.89. The molecule has 3 heteroatoms. The van der Waals surface area contributed by atoms with Crippen LogP contribution in [0.1, 0.15) is 31.0 Å². The summed E-state index contributed by atoms with van der Waals surface area (Å²) in [7, 11) is 0. The summed E-state index contributed by atoms with van der Waals surface area (Å²) in [5, 5.41) is 8.91. The van der Waals surface area contributed by atoms with E-state index in [-0.39, 0.29) is 0 Å². The molecule has 0 N–H and O–H groups in total. The summed E-state index contributed by atoms with van der Waals surface area (Å²) < 4.78 is 5.56. The molecule has 1 aliphatic carbocycles. The fourth-order valence-electron chi connectivity index (χ4n) is 1.23. The van der Waals surface area contributed by atoms with Crippen molar-refractivity contribution >= 4 is 0 Å². The van der Waals surface area contributed by atoms with Gasteiger partial charge in [0.2, 0.25) is 0 Å². The second-order valence-electron chi connectivity index (χ2n) is 3.45. The van der Waals surface area contributed by atoms with Gasteiger partial charge in [0.25, 0.3) is 0 Å². The smallest absolute Gasteiger partial charge is 0.155 e. The Morgan fingerprint density at radius 1 is 1.64 bits per heavy atom. The zero-order valence-corrected chi connectivity index (χ0v) is 8.16. The molecule has 1 saturated carbocycles. The molecular weight excluding hydrogens is 176 g/mol. The third kappa shape index (κ3) is 1.85. The molecule has 0 amide bonds. The summed E-state index contributed by atoms with van der Waals surface area (Å²) in [6.07, 6.45) is 5.02. The second kappa shape index (κ2) is 3.67. The molecule has 0 radical (unpaired) electrons. The summed E-state index contributed by atoms with van der Waals surface area (Å²) in [5.74, 6) is 0.632. The highest BCUT2D eigenvalue weighted by molar-refractivity contribution is 5.42. The first-order chi connectivity index (χ1) is 6.83. The van der Waals surface area contributed by atoms with Crippen LogP contribution in [0.3, 0.4) is 0 Å². The zero-order chi connectivity index (χ0) is 9.97. The maximum Gasteiger partial charge on any atom is 0.155 e. The Bertz CT molecular complexity index is 377. The Kier molecular flexibility index (Phi) is 2.36. The van der Waals surface area contributed by atoms with Crippen LogP contribution in [0.2, 0.25) is 0 Å². The van der Waals surface area contributed by atoms with E-state index in [4.69, 9.17) is 10.00 Å². The van der Waals surface area contributed by atoms with Gasteiger partial charge in [-0.15, -0.1) is 0 Å². The van der Waals surface area contributed by atoms with Gasteiger partial charge < -0.3 is 4.74 Å². The molecule has 72 valence electrons. The predicted octanol–water partition coefficient (Wildman–Crippen LogP) is 2.06. The van der Waals surface area contributed by atoms with Gasteiger partial charge in [-0.05, 0) is 25.3 Å². The largest absolute Gasteiger partial charge is 0.487 e. The minimum atomic E-state index is 0.316. The third-order valence-corrected chi connectivity index (χ3v) is 2.22. The van der Waals surface area contributed by atoms with E-state index >= 15 is 0 Å². The van der Waals surface area contributed by atoms with Gasteiger partial charge in [-0.3, -0.25) is 4.98 Å². The van der Waals surface area contributed by atoms with Crippen LogP contribution in [0, 0.1) is 11.3 Å². The molecule has 0 unspecified atom stereocenters. The van der Waals surface area contributed by atoms with Gasteiger partial charge in [0.1, 0.15) is 6.07 Å². The van der Waals surface area contributed by atoms with Crippen molar-refractivity contribution in [2.75, 3.05) is 0 Å². The molecule has 1 aromatic rings. The van der Waals surface area contributed by atoms with Crippen LogP contribution >= 0.6 is 0 Å². The first-order valence-corrected chi connectivity index (χ1v) is 4.89. The van der Waals surface area contributed by atoms with Crippen molar-refractivity contribution in [2.45, 2.75) is 32.3 Å². The highest BCUT2D eigenvalue weighted by atomic mass is 16.5. The van der Waals surface area contributed by atoms with Crippen LogP contribution in [0.5, 0.6) is 5.75 Å². The topological polar surface area (TPSA) is 45.9 Å². The Labute approximate surface area is 83.3 Å². The number of rotatable bonds is 3. The van der Waals surface area contributed by atoms with Gasteiger partial charge in [0.15, 0.2) is 5.75 Å². The van der Waals surface area contributed by atoms with Gasteiger partial charge in [0.05, 0.1) is 17.9 Å². The van der Waals surface area contributed by atoms with Crippen LogP contribution in [0.25, 0.3) is 0 Å². The van der Waals surface area contributed by atoms with Crippen LogP contribution < -0.4 is 4.74 Å². The van der Waals surface area contributed by atoms with Crippen molar-refractivity contribution in [3.05, 3.63) is 23.5 Å². The zero-order valence-electron chi connectivity index (χ0n) is 8.16. The highest BCUT2D eigenvalue weighted by Gasteiger charge is 2.24. The van der Waals surface area contributed by atoms with Crippen molar-refractivity contribution in [1.82, 2.24) is 4.98 Å². The molecule has 1 fully saturated rings. The summed E-state index contributed by atoms with van der Waals surface area (Å²) in [5.41, 5.74) is 1.54. The van der Waals surface area contributed by atoms with E-state index in [0.29, 0.717) is 17.4 Å². The number of hydrogen-bond donors (Lipinski definition) is 0. The molecule has 0 saturated heterocycles. The van der Waals surface area contributed by atoms with E-state index in [1.165, 1.54) is 0 Å². The number of nitriles is 1. The molecule has 1 aromatic heterocycles. The van der Waals surface area contributed by atoms with E-state index in [2.05, 4.69) is 11.1 Å². The maximum atomic E-state index is 8.91. The first kappa shape index (κ1) is 9.01. The lowest BCUT2D eigenvalue weighted by Crippen LogP contribution is -2.00. The third-order valence-electron chi connectivity index (χ3n) is 2.22. The van der Waals surface area contributed by atoms with E-state index in [0.717, 1.165) is 25.0 Å². The van der Waals surface area contributed by atoms with E-state index in [1.807, 2.05) is 6.92 Å². The fraction of sp³-hybridized carbons (Fsp3) is 0.455. The molecule has 2 rings (SSSR count). The standard InChI is InChI=1S/C11H12N2O/c1-2-9-5-8(6-12)11(7-13-9)14-10-3-4-10/h5,7,10H,2-4H2,1H3. The predicted molar refractivity (Wildman–Crippen MR) is 52.0 cm³/mol. The molecule has 0 bridgehead atoms. The minimum absolute atomic E-state index is 0.316. The maximum absolute atomic E-state index is 8.91. The Hall–Kier alpha value is -1.56. The molecule has 0 spiro atoms. The van der Waals surface area contributed by atoms with E-state index < -0.39 is 0 Å². The van der Waals surface area contributed by atoms with Crippen LogP contribution in [0.4, 0.5) is 0 Å². The Balaban J connectivity index is 2.25. The Morgan fingerprint density at radius 2 is 2.43 bits per heavy atom. The van der Waals surface area contributed by atoms with Gasteiger partial charge in [0, 0.05) is 5.69 Å². The average Bonchev–Trinajstić information content (AvgIpc) is 3.02. The van der Waals surface area contributed by atoms with Crippen molar-refractivity contribution in [1.29, 1.82) is 5.26 Å². The van der Waals surface area contributed by atoms with Crippen molar-refractivity contribution < 1.29 is 4.74 Å². The monoisotopic (exact) mass is 188 g/mol. The minimum Gasteiger partial charge on any atom is -0.487 e. The van der Waals surface area contributed by atoms with Gasteiger partial charge in [-0.2, -0.15) is 5.26 Å². The second-order valence-corrected chi connectivity index (χ2v) is 3.45. The van der Waals surface area contributed by atoms with Crippen molar-refractivity contribution in [3.8, 4) is 11.8 Å². The van der Waals surface area contributed by atoms with E-state index in [9.17, 15) is 0 Å². The Morgan fingerprint density at radius 3 is 3.00 bits per heavy atom. The van der Waals surface area contributed by atoms with Gasteiger partial charge in [-0.25, -0.2) is 0 Å². The lowest BCUT2D eigenvalue weighted by Gasteiger charge is -2.06. The summed E-state index contributed by atoms with van der Waals surface area (Å²) in [6.45, 7) is 2.02. The van der Waals surface area contributed by atoms with Crippen molar-refractivity contribution in [2.24, 2.45) is 0 Å². The summed E-state index contributed by atoms with van der Waals surface area (Å²) in [4.78, 5) is 4.21. The lowest BCUT2D eigenvalue weighted by molar-refractivity contribution is 0.301. The summed E-state index contributed by atoms with van der Waals surface area (Å²) in [6, 6.07) is 3.94. The van der Waals surface area contributed by atoms with Crippen LogP contribution in [-0.2, 0) is 6.42 Å². The molecule has 3 nitrogen and oxygen atoms in total. The molecule has 0 atom stereocenters.